The fourth-order valence-electron chi connectivity index (χ4n) is 3.19. The number of rotatable bonds is 3. The van der Waals surface area contributed by atoms with Crippen LogP contribution in [0.2, 0.25) is 0 Å². The van der Waals surface area contributed by atoms with Crippen LogP contribution in [0.15, 0.2) is 24.3 Å². The van der Waals surface area contributed by atoms with E-state index < -0.39 is 0 Å². The Bertz CT molecular complexity index is 728. The molecule has 0 atom stereocenters. The van der Waals surface area contributed by atoms with Crippen molar-refractivity contribution in [1.29, 1.82) is 0 Å². The molecule has 5 heteroatoms. The molecule has 26 heavy (non-hydrogen) atoms. The summed E-state index contributed by atoms with van der Waals surface area (Å²) in [7, 11) is 0. The van der Waals surface area contributed by atoms with Gasteiger partial charge in [0.2, 0.25) is 0 Å². The Balaban J connectivity index is 0.000000251. The first kappa shape index (κ1) is 22.6. The normalized spacial score (nSPS) is 12.4. The van der Waals surface area contributed by atoms with Gasteiger partial charge in [-0.25, -0.2) is 0 Å². The molecule has 0 radical (unpaired) electrons. The second-order valence-electron chi connectivity index (χ2n) is 6.61. The maximum absolute atomic E-state index is 9.56. The molecule has 0 saturated heterocycles. The van der Waals surface area contributed by atoms with Crippen LogP contribution in [0.1, 0.15) is 54.9 Å². The van der Waals surface area contributed by atoms with Gasteiger partial charge in [-0.15, -0.1) is 0 Å². The molecule has 1 aliphatic carbocycles. The first-order chi connectivity index (χ1) is 12.0. The van der Waals surface area contributed by atoms with Crippen LogP contribution in [-0.2, 0) is 45.5 Å². The van der Waals surface area contributed by atoms with E-state index in [9.17, 15) is 20.4 Å². The van der Waals surface area contributed by atoms with E-state index in [1.165, 1.54) is 18.1 Å². The SMILES string of the molecule is CCCCc1c(C)ccc(O)c1O.Oc1ccc2c(c1O)CCCC2.[Zr]. The Morgan fingerprint density at radius 3 is 2.15 bits per heavy atom. The van der Waals surface area contributed by atoms with E-state index in [1.807, 2.05) is 19.1 Å². The Hall–Kier alpha value is -1.48. The van der Waals surface area contributed by atoms with Crippen LogP contribution in [0.3, 0.4) is 0 Å². The molecule has 3 rings (SSSR count). The van der Waals surface area contributed by atoms with Crippen LogP contribution in [0.5, 0.6) is 23.0 Å². The summed E-state index contributed by atoms with van der Waals surface area (Å²) in [6, 6.07) is 6.84. The molecular weight excluding hydrogens is 407 g/mol. The summed E-state index contributed by atoms with van der Waals surface area (Å²) >= 11 is 0. The number of fused-ring (bicyclic) bond motifs is 1. The van der Waals surface area contributed by atoms with Gasteiger partial charge in [0.15, 0.2) is 23.0 Å². The molecule has 0 amide bonds. The number of unbranched alkanes of at least 4 members (excludes halogenated alkanes) is 1. The third-order valence-corrected chi connectivity index (χ3v) is 4.76. The van der Waals surface area contributed by atoms with Crippen molar-refractivity contribution in [2.24, 2.45) is 0 Å². The number of hydrogen-bond acceptors (Lipinski definition) is 4. The molecule has 0 unspecified atom stereocenters. The van der Waals surface area contributed by atoms with Crippen molar-refractivity contribution in [3.05, 3.63) is 46.5 Å². The van der Waals surface area contributed by atoms with Crippen molar-refractivity contribution >= 4 is 0 Å². The molecule has 0 fully saturated rings. The van der Waals surface area contributed by atoms with Gasteiger partial charge < -0.3 is 20.4 Å². The Morgan fingerprint density at radius 1 is 0.846 bits per heavy atom. The first-order valence-corrected chi connectivity index (χ1v) is 8.98. The van der Waals surface area contributed by atoms with Crippen molar-refractivity contribution < 1.29 is 46.6 Å². The molecule has 0 spiro atoms. The van der Waals surface area contributed by atoms with E-state index >= 15 is 0 Å². The van der Waals surface area contributed by atoms with Crippen molar-refractivity contribution in [3.63, 3.8) is 0 Å². The predicted molar refractivity (Wildman–Crippen MR) is 99.5 cm³/mol. The standard InChI is InChI=1S/C11H16O2.C10H12O2.Zr/c1-3-4-5-9-8(2)6-7-10(12)11(9)13;11-9-6-5-7-3-1-2-4-8(7)10(9)12;/h6-7,12-13H,3-5H2,1-2H3;5-6,11-12H,1-4H2;. The number of benzene rings is 2. The van der Waals surface area contributed by atoms with E-state index in [2.05, 4.69) is 6.92 Å². The molecule has 140 valence electrons. The van der Waals surface area contributed by atoms with Crippen LogP contribution >= 0.6 is 0 Å². The molecule has 0 aromatic heterocycles. The zero-order chi connectivity index (χ0) is 18.4. The molecule has 0 saturated carbocycles. The van der Waals surface area contributed by atoms with Gasteiger partial charge in [0.05, 0.1) is 0 Å². The maximum atomic E-state index is 9.56. The Kier molecular flexibility index (Phi) is 9.22. The van der Waals surface area contributed by atoms with Crippen LogP contribution in [0.4, 0.5) is 0 Å². The number of aromatic hydroxyl groups is 4. The number of phenols is 4. The van der Waals surface area contributed by atoms with Crippen molar-refractivity contribution in [1.82, 2.24) is 0 Å². The van der Waals surface area contributed by atoms with Gasteiger partial charge in [0.25, 0.3) is 0 Å². The topological polar surface area (TPSA) is 80.9 Å². The molecule has 4 nitrogen and oxygen atoms in total. The minimum atomic E-state index is -0.0169. The summed E-state index contributed by atoms with van der Waals surface area (Å²) in [5, 5.41) is 37.5. The van der Waals surface area contributed by atoms with E-state index in [1.54, 1.807) is 6.07 Å². The first-order valence-electron chi connectivity index (χ1n) is 8.98. The smallest absolute Gasteiger partial charge is 0.160 e. The summed E-state index contributed by atoms with van der Waals surface area (Å²) in [6.45, 7) is 4.05. The number of hydrogen-bond donors (Lipinski definition) is 4. The summed E-state index contributed by atoms with van der Waals surface area (Å²) < 4.78 is 0. The molecule has 0 heterocycles. The van der Waals surface area contributed by atoms with Gasteiger partial charge in [0, 0.05) is 37.3 Å². The third kappa shape index (κ3) is 5.51. The van der Waals surface area contributed by atoms with Gasteiger partial charge in [-0.1, -0.05) is 25.5 Å². The van der Waals surface area contributed by atoms with Crippen LogP contribution in [-0.4, -0.2) is 20.4 Å². The number of phenolic OH excluding ortho intramolecular Hbond substituents is 4. The maximum Gasteiger partial charge on any atom is 0.160 e. The molecule has 1 aliphatic rings. The minimum absolute atomic E-state index is 0. The summed E-state index contributed by atoms with van der Waals surface area (Å²) in [5.41, 5.74) is 4.06. The van der Waals surface area contributed by atoms with Gasteiger partial charge in [-0.05, 0) is 68.7 Å². The van der Waals surface area contributed by atoms with Crippen LogP contribution in [0, 0.1) is 6.92 Å². The quantitative estimate of drug-likeness (QED) is 0.526. The molecule has 2 aromatic carbocycles. The van der Waals surface area contributed by atoms with E-state index in [0.29, 0.717) is 0 Å². The van der Waals surface area contributed by atoms with Crippen molar-refractivity contribution in [2.75, 3.05) is 0 Å². The second kappa shape index (κ2) is 10.6. The fourth-order valence-corrected chi connectivity index (χ4v) is 3.19. The van der Waals surface area contributed by atoms with E-state index in [0.717, 1.165) is 55.2 Å². The summed E-state index contributed by atoms with van der Waals surface area (Å²) in [6.07, 6.45) is 7.20. The average Bonchev–Trinajstić information content (AvgIpc) is 2.62. The fraction of sp³-hybridized carbons (Fsp3) is 0.429. The van der Waals surface area contributed by atoms with E-state index in [-0.39, 0.29) is 49.2 Å². The third-order valence-electron chi connectivity index (χ3n) is 4.76. The Labute approximate surface area is 174 Å². The van der Waals surface area contributed by atoms with Gasteiger partial charge in [-0.2, -0.15) is 0 Å². The van der Waals surface area contributed by atoms with Crippen LogP contribution < -0.4 is 0 Å². The van der Waals surface area contributed by atoms with Gasteiger partial charge in [-0.3, -0.25) is 0 Å². The predicted octanol–water partition coefficient (Wildman–Crippen LogP) is 4.72. The zero-order valence-electron chi connectivity index (χ0n) is 15.5. The minimum Gasteiger partial charge on any atom is -0.504 e. The van der Waals surface area contributed by atoms with Gasteiger partial charge in [0.1, 0.15) is 0 Å². The molecule has 2 aromatic rings. The van der Waals surface area contributed by atoms with Gasteiger partial charge >= 0.3 is 0 Å². The Morgan fingerprint density at radius 2 is 1.46 bits per heavy atom. The largest absolute Gasteiger partial charge is 0.504 e. The zero-order valence-corrected chi connectivity index (χ0v) is 18.0. The molecule has 0 aliphatic heterocycles. The summed E-state index contributed by atoms with van der Waals surface area (Å²) in [5.74, 6) is 0.132. The molecular formula is C21H28O4Zr. The monoisotopic (exact) mass is 434 g/mol. The summed E-state index contributed by atoms with van der Waals surface area (Å²) in [4.78, 5) is 0. The second-order valence-corrected chi connectivity index (χ2v) is 6.61. The molecule has 0 bridgehead atoms. The molecule has 4 N–H and O–H groups in total. The number of aryl methyl sites for hydroxylation is 2. The van der Waals surface area contributed by atoms with Crippen molar-refractivity contribution in [2.45, 2.75) is 58.8 Å². The van der Waals surface area contributed by atoms with Crippen LogP contribution in [0.25, 0.3) is 0 Å². The van der Waals surface area contributed by atoms with Crippen molar-refractivity contribution in [3.8, 4) is 23.0 Å². The van der Waals surface area contributed by atoms with E-state index in [4.69, 9.17) is 0 Å². The average molecular weight is 436 g/mol.